The molecule has 6 heteroatoms. The van der Waals surface area contributed by atoms with E-state index in [1.54, 1.807) is 0 Å². The largest absolute Gasteiger partial charge is 0.411 e. The summed E-state index contributed by atoms with van der Waals surface area (Å²) in [4.78, 5) is 11.2. The minimum Gasteiger partial charge on any atom is -0.364 e. The number of alkyl halides is 3. The van der Waals surface area contributed by atoms with Crippen LogP contribution in [0.1, 0.15) is 10.4 Å². The number of Topliss-reactive ketones (excluding diaryl/α,β-unsaturated/α-hetero) is 1. The van der Waals surface area contributed by atoms with Crippen molar-refractivity contribution in [2.75, 3.05) is 13.2 Å². The van der Waals surface area contributed by atoms with Crippen LogP contribution in [0.2, 0.25) is 0 Å². The van der Waals surface area contributed by atoms with Crippen LogP contribution in [0.4, 0.5) is 17.6 Å². The highest BCUT2D eigenvalue weighted by molar-refractivity contribution is 5.97. The van der Waals surface area contributed by atoms with Crippen LogP contribution in [0.15, 0.2) is 24.3 Å². The highest BCUT2D eigenvalue weighted by Crippen LogP contribution is 2.14. The van der Waals surface area contributed by atoms with Crippen LogP contribution in [-0.4, -0.2) is 25.2 Å². The summed E-state index contributed by atoms with van der Waals surface area (Å²) in [6, 6.07) is 4.68. The molecule has 16 heavy (non-hydrogen) atoms. The molecule has 0 atom stereocenters. The fourth-order valence-corrected chi connectivity index (χ4v) is 1.00. The van der Waals surface area contributed by atoms with Gasteiger partial charge in [-0.3, -0.25) is 4.79 Å². The molecule has 0 saturated heterocycles. The average molecular weight is 236 g/mol. The molecular weight excluding hydrogens is 228 g/mol. The van der Waals surface area contributed by atoms with Crippen LogP contribution in [-0.2, 0) is 4.74 Å². The lowest BCUT2D eigenvalue weighted by molar-refractivity contribution is -0.170. The number of hydrogen-bond acceptors (Lipinski definition) is 2. The molecular formula is C10H8F4O2. The van der Waals surface area contributed by atoms with Crippen LogP contribution in [0, 0.1) is 5.82 Å². The molecule has 0 aliphatic heterocycles. The first-order valence-electron chi connectivity index (χ1n) is 4.32. The Bertz CT molecular complexity index is 373. The molecule has 1 aromatic rings. The van der Waals surface area contributed by atoms with Crippen LogP contribution in [0.25, 0.3) is 0 Å². The first-order valence-corrected chi connectivity index (χ1v) is 4.32. The lowest BCUT2D eigenvalue weighted by atomic mass is 10.1. The summed E-state index contributed by atoms with van der Waals surface area (Å²) in [6.45, 7) is -2.21. The van der Waals surface area contributed by atoms with Crippen molar-refractivity contribution in [1.82, 2.24) is 0 Å². The van der Waals surface area contributed by atoms with Gasteiger partial charge in [0.1, 0.15) is 19.0 Å². The van der Waals surface area contributed by atoms with Gasteiger partial charge in [0.15, 0.2) is 5.78 Å². The lowest BCUT2D eigenvalue weighted by Crippen LogP contribution is -2.20. The molecule has 0 N–H and O–H groups in total. The molecule has 0 unspecified atom stereocenters. The molecule has 0 aromatic heterocycles. The standard InChI is InChI=1S/C10H8F4O2/c11-8-3-1-2-7(4-8)9(15)5-16-6-10(12,13)14/h1-4H,5-6H2. The van der Waals surface area contributed by atoms with Crippen molar-refractivity contribution in [2.24, 2.45) is 0 Å². The summed E-state index contributed by atoms with van der Waals surface area (Å²) in [5.74, 6) is -1.31. The Morgan fingerprint density at radius 3 is 2.56 bits per heavy atom. The van der Waals surface area contributed by atoms with E-state index < -0.39 is 31.0 Å². The second kappa shape index (κ2) is 5.07. The number of carbonyl (C=O) groups excluding carboxylic acids is 1. The van der Waals surface area contributed by atoms with Gasteiger partial charge in [0, 0.05) is 5.56 Å². The van der Waals surface area contributed by atoms with E-state index in [1.807, 2.05) is 0 Å². The predicted molar refractivity (Wildman–Crippen MR) is 47.6 cm³/mol. The van der Waals surface area contributed by atoms with Gasteiger partial charge in [-0.25, -0.2) is 4.39 Å². The van der Waals surface area contributed by atoms with Crippen LogP contribution in [0.3, 0.4) is 0 Å². The molecule has 0 radical (unpaired) electrons. The summed E-state index contributed by atoms with van der Waals surface area (Å²) in [6.07, 6.45) is -4.47. The second-order valence-corrected chi connectivity index (χ2v) is 3.04. The molecule has 0 aliphatic rings. The Balaban J connectivity index is 2.47. The maximum Gasteiger partial charge on any atom is 0.411 e. The monoisotopic (exact) mass is 236 g/mol. The molecule has 0 saturated carbocycles. The van der Waals surface area contributed by atoms with Crippen molar-refractivity contribution < 1.29 is 27.1 Å². The maximum atomic E-state index is 12.7. The fourth-order valence-electron chi connectivity index (χ4n) is 1.00. The van der Waals surface area contributed by atoms with E-state index in [1.165, 1.54) is 12.1 Å². The lowest BCUT2D eigenvalue weighted by Gasteiger charge is -2.06. The van der Waals surface area contributed by atoms with Crippen molar-refractivity contribution in [2.45, 2.75) is 6.18 Å². The highest BCUT2D eigenvalue weighted by Gasteiger charge is 2.27. The molecule has 2 nitrogen and oxygen atoms in total. The normalized spacial score (nSPS) is 11.5. The Kier molecular flexibility index (Phi) is 4.00. The zero-order valence-electron chi connectivity index (χ0n) is 8.05. The third-order valence-corrected chi connectivity index (χ3v) is 1.65. The van der Waals surface area contributed by atoms with Crippen molar-refractivity contribution in [3.8, 4) is 0 Å². The first-order chi connectivity index (χ1) is 7.38. The van der Waals surface area contributed by atoms with Crippen LogP contribution in [0.5, 0.6) is 0 Å². The predicted octanol–water partition coefficient (Wildman–Crippen LogP) is 2.59. The van der Waals surface area contributed by atoms with Crippen LogP contribution >= 0.6 is 0 Å². The molecule has 0 fully saturated rings. The molecule has 1 rings (SSSR count). The molecule has 0 heterocycles. The molecule has 0 aliphatic carbocycles. The van der Waals surface area contributed by atoms with Gasteiger partial charge >= 0.3 is 6.18 Å². The first kappa shape index (κ1) is 12.6. The van der Waals surface area contributed by atoms with Gasteiger partial charge < -0.3 is 4.74 Å². The van der Waals surface area contributed by atoms with Crippen LogP contribution < -0.4 is 0 Å². The second-order valence-electron chi connectivity index (χ2n) is 3.04. The van der Waals surface area contributed by atoms with Gasteiger partial charge in [0.25, 0.3) is 0 Å². The molecule has 0 amide bonds. The van der Waals surface area contributed by atoms with Crippen molar-refractivity contribution >= 4 is 5.78 Å². The number of ketones is 1. The molecule has 88 valence electrons. The zero-order chi connectivity index (χ0) is 12.2. The third kappa shape index (κ3) is 4.39. The average Bonchev–Trinajstić information content (AvgIpc) is 2.15. The summed E-state index contributed by atoms with van der Waals surface area (Å²) in [5.41, 5.74) is -0.0119. The van der Waals surface area contributed by atoms with E-state index >= 15 is 0 Å². The number of carbonyl (C=O) groups is 1. The van der Waals surface area contributed by atoms with E-state index in [2.05, 4.69) is 4.74 Å². The van der Waals surface area contributed by atoms with Gasteiger partial charge in [-0.2, -0.15) is 13.2 Å². The maximum absolute atomic E-state index is 12.7. The number of rotatable bonds is 4. The van der Waals surface area contributed by atoms with E-state index in [9.17, 15) is 22.4 Å². The van der Waals surface area contributed by atoms with Crippen molar-refractivity contribution in [1.29, 1.82) is 0 Å². The highest BCUT2D eigenvalue weighted by atomic mass is 19.4. The number of halogens is 4. The van der Waals surface area contributed by atoms with E-state index in [0.29, 0.717) is 0 Å². The summed E-state index contributed by atoms with van der Waals surface area (Å²) in [5, 5.41) is 0. The fraction of sp³-hybridized carbons (Fsp3) is 0.300. The van der Waals surface area contributed by atoms with Gasteiger partial charge in [-0.1, -0.05) is 12.1 Å². The number of ether oxygens (including phenoxy) is 1. The SMILES string of the molecule is O=C(COCC(F)(F)F)c1cccc(F)c1. The van der Waals surface area contributed by atoms with Gasteiger partial charge in [0.05, 0.1) is 0 Å². The van der Waals surface area contributed by atoms with Crippen molar-refractivity contribution in [3.63, 3.8) is 0 Å². The summed E-state index contributed by atoms with van der Waals surface area (Å²) >= 11 is 0. The minimum absolute atomic E-state index is 0.0119. The van der Waals surface area contributed by atoms with Gasteiger partial charge in [-0.05, 0) is 12.1 Å². The zero-order valence-corrected chi connectivity index (χ0v) is 8.05. The quantitative estimate of drug-likeness (QED) is 0.593. The van der Waals surface area contributed by atoms with E-state index in [-0.39, 0.29) is 5.56 Å². The Morgan fingerprint density at radius 2 is 2.00 bits per heavy atom. The Hall–Kier alpha value is -1.43. The van der Waals surface area contributed by atoms with E-state index in [4.69, 9.17) is 0 Å². The number of hydrogen-bond donors (Lipinski definition) is 0. The number of benzene rings is 1. The van der Waals surface area contributed by atoms with Gasteiger partial charge in [-0.15, -0.1) is 0 Å². The molecule has 0 spiro atoms. The Labute approximate surface area is 88.8 Å². The third-order valence-electron chi connectivity index (χ3n) is 1.65. The molecule has 0 bridgehead atoms. The van der Waals surface area contributed by atoms with Gasteiger partial charge in [0.2, 0.25) is 0 Å². The Morgan fingerprint density at radius 1 is 1.31 bits per heavy atom. The summed E-state index contributed by atoms with van der Waals surface area (Å²) in [7, 11) is 0. The van der Waals surface area contributed by atoms with Crippen molar-refractivity contribution in [3.05, 3.63) is 35.6 Å². The molecule has 1 aromatic carbocycles. The summed E-state index contributed by atoms with van der Waals surface area (Å²) < 4.78 is 51.9. The van der Waals surface area contributed by atoms with E-state index in [0.717, 1.165) is 12.1 Å². The smallest absolute Gasteiger partial charge is 0.364 e. The minimum atomic E-state index is -4.47. The topological polar surface area (TPSA) is 26.3 Å².